The Balaban J connectivity index is 1.00. The number of nitrogens with one attached hydrogen (secondary N) is 1. The van der Waals surface area contributed by atoms with Crippen molar-refractivity contribution < 1.29 is 27.4 Å². The van der Waals surface area contributed by atoms with Crippen LogP contribution in [0.4, 0.5) is 0 Å². The molecule has 0 aliphatic carbocycles. The summed E-state index contributed by atoms with van der Waals surface area (Å²) in [5, 5.41) is 10.2. The Hall–Kier alpha value is -5.33. The molecule has 1 aliphatic heterocycles. The molecule has 3 atom stereocenters. The van der Waals surface area contributed by atoms with Gasteiger partial charge in [-0.15, -0.1) is 0 Å². The summed E-state index contributed by atoms with van der Waals surface area (Å²) in [6, 6.07) is 52.2. The zero-order valence-corrected chi connectivity index (χ0v) is 32.0. The minimum absolute atomic E-state index is 0.0263. The summed E-state index contributed by atoms with van der Waals surface area (Å²) in [4.78, 5) is 5.18. The first kappa shape index (κ1) is 37.6. The second kappa shape index (κ2) is 17.2. The van der Waals surface area contributed by atoms with Crippen molar-refractivity contribution in [2.24, 2.45) is 0 Å². The lowest BCUT2D eigenvalue weighted by Gasteiger charge is -2.36. The van der Waals surface area contributed by atoms with Crippen LogP contribution < -0.4 is 4.72 Å². The highest BCUT2D eigenvalue weighted by Gasteiger charge is 2.33. The van der Waals surface area contributed by atoms with Crippen molar-refractivity contribution in [3.63, 3.8) is 0 Å². The summed E-state index contributed by atoms with van der Waals surface area (Å²) in [5.74, 6) is 1.32. The van der Waals surface area contributed by atoms with Crippen molar-refractivity contribution in [2.45, 2.75) is 48.2 Å². The predicted octanol–water partition coefficient (Wildman–Crippen LogP) is 9.98. The van der Waals surface area contributed by atoms with Gasteiger partial charge in [0.1, 0.15) is 5.69 Å². The summed E-state index contributed by atoms with van der Waals surface area (Å²) in [6.45, 7) is 0.142. The molecule has 8 rings (SSSR count). The Morgan fingerprint density at radius 2 is 1.30 bits per heavy atom. The average Bonchev–Trinajstić information content (AvgIpc) is 3.70. The second-order valence-electron chi connectivity index (χ2n) is 13.5. The van der Waals surface area contributed by atoms with Gasteiger partial charge in [-0.1, -0.05) is 157 Å². The van der Waals surface area contributed by atoms with Crippen molar-refractivity contribution in [3.8, 4) is 33.7 Å². The molecule has 2 heterocycles. The van der Waals surface area contributed by atoms with Crippen LogP contribution in [0, 0.1) is 0 Å². The normalized spacial score (nSPS) is 17.1. The van der Waals surface area contributed by atoms with Crippen molar-refractivity contribution in [1.82, 2.24) is 9.71 Å². The molecule has 0 amide bonds. The number of rotatable bonds is 13. The van der Waals surface area contributed by atoms with Gasteiger partial charge in [0.25, 0.3) is 5.22 Å². The number of thioether (sulfide) groups is 1. The number of hydrogen-bond acceptors (Lipinski definition) is 8. The fourth-order valence-corrected chi connectivity index (χ4v) is 8.56. The zero-order chi connectivity index (χ0) is 38.3. The van der Waals surface area contributed by atoms with Gasteiger partial charge in [0, 0.05) is 35.4 Å². The van der Waals surface area contributed by atoms with Crippen LogP contribution in [0.25, 0.3) is 33.7 Å². The first-order valence-corrected chi connectivity index (χ1v) is 20.9. The molecule has 0 saturated carbocycles. The zero-order valence-electron chi connectivity index (χ0n) is 30.4. The Morgan fingerprint density at radius 1 is 0.661 bits per heavy atom. The van der Waals surface area contributed by atoms with E-state index in [0.29, 0.717) is 17.4 Å². The van der Waals surface area contributed by atoms with Crippen molar-refractivity contribution in [1.29, 1.82) is 0 Å². The Morgan fingerprint density at radius 3 is 2.00 bits per heavy atom. The number of hydrogen-bond donors (Lipinski definition) is 2. The van der Waals surface area contributed by atoms with Gasteiger partial charge in [-0.25, -0.2) is 18.1 Å². The Kier molecular flexibility index (Phi) is 11.6. The van der Waals surface area contributed by atoms with Gasteiger partial charge in [-0.3, -0.25) is 0 Å². The lowest BCUT2D eigenvalue weighted by Crippen LogP contribution is -2.31. The van der Waals surface area contributed by atoms with Crippen LogP contribution in [0.1, 0.15) is 41.1 Å². The number of nitrogens with zero attached hydrogens (tertiary/aromatic N) is 1. The van der Waals surface area contributed by atoms with Crippen molar-refractivity contribution in [3.05, 3.63) is 186 Å². The third kappa shape index (κ3) is 8.87. The quantitative estimate of drug-likeness (QED) is 0.111. The van der Waals surface area contributed by atoms with Gasteiger partial charge >= 0.3 is 0 Å². The van der Waals surface area contributed by atoms with E-state index in [9.17, 15) is 13.5 Å². The maximum Gasteiger partial charge on any atom is 0.256 e. The van der Waals surface area contributed by atoms with E-state index in [1.807, 2.05) is 133 Å². The molecule has 1 saturated heterocycles. The number of ether oxygens (including phenoxy) is 2. The summed E-state index contributed by atoms with van der Waals surface area (Å²) in [5.41, 5.74) is 8.25. The smallest absolute Gasteiger partial charge is 0.256 e. The first-order valence-electron chi connectivity index (χ1n) is 18.4. The van der Waals surface area contributed by atoms with Crippen LogP contribution >= 0.6 is 11.8 Å². The predicted molar refractivity (Wildman–Crippen MR) is 219 cm³/mol. The highest BCUT2D eigenvalue weighted by atomic mass is 32.2. The van der Waals surface area contributed by atoms with E-state index in [1.165, 1.54) is 11.8 Å². The molecule has 0 unspecified atom stereocenters. The second-order valence-corrected chi connectivity index (χ2v) is 16.2. The van der Waals surface area contributed by atoms with Gasteiger partial charge < -0.3 is 19.0 Å². The molecule has 7 aromatic rings. The molecule has 2 N–H and O–H groups in total. The molecular weight excluding hydrogens is 741 g/mol. The van der Waals surface area contributed by atoms with Gasteiger partial charge in [-0.2, -0.15) is 0 Å². The molecule has 1 fully saturated rings. The SMILES string of the molecule is O=S(=O)(NCc1cccc(-c2ccc([C@H]3O[C@@H](CSc4nc(-c5ccccc5)c(-c5ccccc5)o4)C[C@@H](c4ccc(CO)cc4)O3)cc2)c1)c1ccccc1. The summed E-state index contributed by atoms with van der Waals surface area (Å²) < 4.78 is 48.0. The number of oxazole rings is 1. The lowest BCUT2D eigenvalue weighted by atomic mass is 9.99. The molecule has 1 aromatic heterocycles. The average molecular weight is 781 g/mol. The van der Waals surface area contributed by atoms with Crippen LogP contribution in [0.3, 0.4) is 0 Å². The molecule has 1 aliphatic rings. The van der Waals surface area contributed by atoms with Crippen LogP contribution in [-0.4, -0.2) is 30.4 Å². The van der Waals surface area contributed by atoms with Gasteiger partial charge in [0.15, 0.2) is 12.1 Å². The molecule has 0 bridgehead atoms. The van der Waals surface area contributed by atoms with E-state index < -0.39 is 16.3 Å². The maximum absolute atomic E-state index is 12.8. The third-order valence-electron chi connectivity index (χ3n) is 9.66. The van der Waals surface area contributed by atoms with Gasteiger partial charge in [-0.05, 0) is 46.0 Å². The van der Waals surface area contributed by atoms with Crippen LogP contribution in [0.2, 0.25) is 0 Å². The molecular formula is C46H40N2O6S2. The van der Waals surface area contributed by atoms with E-state index >= 15 is 0 Å². The van der Waals surface area contributed by atoms with E-state index in [2.05, 4.69) is 4.72 Å². The molecule has 10 heteroatoms. The highest BCUT2D eigenvalue weighted by Crippen LogP contribution is 2.41. The molecule has 6 aromatic carbocycles. The van der Waals surface area contributed by atoms with E-state index in [0.717, 1.165) is 56.0 Å². The minimum atomic E-state index is -3.63. The third-order valence-corrected chi connectivity index (χ3v) is 12.0. The number of aliphatic hydroxyl groups is 1. The van der Waals surface area contributed by atoms with E-state index in [4.69, 9.17) is 18.9 Å². The molecule has 8 nitrogen and oxygen atoms in total. The largest absolute Gasteiger partial charge is 0.431 e. The Bertz CT molecular complexity index is 2400. The highest BCUT2D eigenvalue weighted by molar-refractivity contribution is 7.99. The van der Waals surface area contributed by atoms with E-state index in [-0.39, 0.29) is 30.3 Å². The van der Waals surface area contributed by atoms with Gasteiger partial charge in [0.05, 0.1) is 23.7 Å². The number of aliphatic hydroxyl groups excluding tert-OH is 1. The minimum Gasteiger partial charge on any atom is -0.431 e. The van der Waals surface area contributed by atoms with Crippen LogP contribution in [0.15, 0.2) is 178 Å². The van der Waals surface area contributed by atoms with Gasteiger partial charge in [0.2, 0.25) is 10.0 Å². The van der Waals surface area contributed by atoms with Crippen LogP contribution in [0.5, 0.6) is 0 Å². The Labute approximate surface area is 331 Å². The maximum atomic E-state index is 12.8. The molecule has 56 heavy (non-hydrogen) atoms. The first-order chi connectivity index (χ1) is 27.4. The molecule has 282 valence electrons. The summed E-state index contributed by atoms with van der Waals surface area (Å²) in [6.07, 6.45) is -0.440. The standard InChI is InChI=1S/C46H40N2O6S2/c49-30-32-19-21-35(22-20-32)42-28-40(31-55-46-48-43(36-12-4-1-5-13-36)44(54-46)37-14-6-2-7-15-37)52-45(53-42)38-25-23-34(24-26-38)39-16-10-11-33(27-39)29-47-56(50,51)41-17-8-3-9-18-41/h1-27,40,42,45,47,49H,28-31H2/t40-,42+,45+/m1/s1. The molecule has 0 radical (unpaired) electrons. The van der Waals surface area contributed by atoms with Crippen LogP contribution in [-0.2, 0) is 32.6 Å². The monoisotopic (exact) mass is 780 g/mol. The van der Waals surface area contributed by atoms with Crippen molar-refractivity contribution in [2.75, 3.05) is 5.75 Å². The van der Waals surface area contributed by atoms with Crippen molar-refractivity contribution >= 4 is 21.8 Å². The fraction of sp³-hybridized carbons (Fsp3) is 0.152. The van der Waals surface area contributed by atoms with E-state index in [1.54, 1.807) is 30.3 Å². The lowest BCUT2D eigenvalue weighted by molar-refractivity contribution is -0.245. The fourth-order valence-electron chi connectivity index (χ4n) is 6.68. The number of sulfonamides is 1. The topological polar surface area (TPSA) is 111 Å². The number of benzene rings is 6. The molecule has 0 spiro atoms. The number of aromatic nitrogens is 1. The summed E-state index contributed by atoms with van der Waals surface area (Å²) in [7, 11) is -3.63. The summed E-state index contributed by atoms with van der Waals surface area (Å²) >= 11 is 1.52.